The van der Waals surface area contributed by atoms with Gasteiger partial charge in [0.15, 0.2) is 0 Å². The molecule has 0 aliphatic heterocycles. The van der Waals surface area contributed by atoms with Crippen molar-refractivity contribution >= 4 is 28.4 Å². The van der Waals surface area contributed by atoms with Crippen LogP contribution >= 0.6 is 0 Å². The van der Waals surface area contributed by atoms with E-state index in [0.29, 0.717) is 12.1 Å². The third-order valence-corrected chi connectivity index (χ3v) is 4.83. The Bertz CT molecular complexity index is 1210. The first-order chi connectivity index (χ1) is 14.5. The Labute approximate surface area is 174 Å². The minimum atomic E-state index is -0.184. The van der Waals surface area contributed by atoms with E-state index in [1.165, 1.54) is 4.90 Å². The van der Waals surface area contributed by atoms with Gasteiger partial charge in [-0.15, -0.1) is 0 Å². The smallest absolute Gasteiger partial charge is 0.257 e. The number of rotatable bonds is 5. The maximum absolute atomic E-state index is 12.4. The van der Waals surface area contributed by atoms with Gasteiger partial charge in [0.05, 0.1) is 11.1 Å². The Morgan fingerprint density at radius 1 is 1.00 bits per heavy atom. The normalized spacial score (nSPS) is 10.7. The van der Waals surface area contributed by atoms with Crippen LogP contribution in [-0.4, -0.2) is 39.9 Å². The van der Waals surface area contributed by atoms with Gasteiger partial charge in [0.25, 0.3) is 5.91 Å². The summed E-state index contributed by atoms with van der Waals surface area (Å²) in [4.78, 5) is 26.9. The molecule has 0 saturated heterocycles. The Kier molecular flexibility index (Phi) is 5.26. The second kappa shape index (κ2) is 8.16. The molecule has 0 radical (unpaired) electrons. The minimum absolute atomic E-state index is 0.184. The summed E-state index contributed by atoms with van der Waals surface area (Å²) in [7, 11) is 3.37. The lowest BCUT2D eigenvalue weighted by atomic mass is 10.0. The third-order valence-electron chi connectivity index (χ3n) is 4.83. The number of benzene rings is 2. The van der Waals surface area contributed by atoms with E-state index in [1.54, 1.807) is 32.7 Å². The van der Waals surface area contributed by atoms with Crippen LogP contribution in [0.25, 0.3) is 22.0 Å². The number of nitrogen functional groups attached to an aromatic ring is 1. The van der Waals surface area contributed by atoms with Crippen molar-refractivity contribution in [1.82, 2.24) is 19.9 Å². The second-order valence-electron chi connectivity index (χ2n) is 7.15. The molecule has 150 valence electrons. The predicted molar refractivity (Wildman–Crippen MR) is 119 cm³/mol. The molecule has 0 saturated carbocycles. The van der Waals surface area contributed by atoms with Gasteiger partial charge in [-0.2, -0.15) is 0 Å². The molecule has 30 heavy (non-hydrogen) atoms. The summed E-state index contributed by atoms with van der Waals surface area (Å²) in [6, 6.07) is 17.8. The van der Waals surface area contributed by atoms with Crippen molar-refractivity contribution in [3.05, 3.63) is 78.2 Å². The van der Waals surface area contributed by atoms with Gasteiger partial charge in [-0.3, -0.25) is 4.79 Å². The Hall–Kier alpha value is -4.00. The van der Waals surface area contributed by atoms with E-state index >= 15 is 0 Å². The van der Waals surface area contributed by atoms with Crippen LogP contribution in [0.2, 0.25) is 0 Å². The lowest BCUT2D eigenvalue weighted by molar-refractivity contribution is 0.0828. The van der Waals surface area contributed by atoms with Crippen LogP contribution in [0.15, 0.2) is 67.1 Å². The molecule has 0 atom stereocenters. The fourth-order valence-electron chi connectivity index (χ4n) is 3.20. The number of carbonyl (C=O) groups is 1. The standard InChI is InChI=1S/C23H22N6O/c1-29(2)23(30)19-11-17(13-25-21(19)24)16-8-9-20-18(10-16)22(28-14-27-20)26-12-15-6-4-3-5-7-15/h3-11,13-14H,12H2,1-2H3,(H2,24,25)(H,26,27,28). The molecule has 7 nitrogen and oxygen atoms in total. The lowest BCUT2D eigenvalue weighted by Crippen LogP contribution is -2.23. The molecule has 0 aliphatic carbocycles. The molecule has 0 aliphatic rings. The summed E-state index contributed by atoms with van der Waals surface area (Å²) in [6.45, 7) is 0.655. The van der Waals surface area contributed by atoms with E-state index < -0.39 is 0 Å². The number of hydrogen-bond donors (Lipinski definition) is 2. The average Bonchev–Trinajstić information content (AvgIpc) is 2.78. The van der Waals surface area contributed by atoms with E-state index in [4.69, 9.17) is 5.73 Å². The molecule has 0 spiro atoms. The average molecular weight is 398 g/mol. The topological polar surface area (TPSA) is 97.0 Å². The van der Waals surface area contributed by atoms with Gasteiger partial charge in [-0.1, -0.05) is 36.4 Å². The molecule has 3 N–H and O–H groups in total. The monoisotopic (exact) mass is 398 g/mol. The van der Waals surface area contributed by atoms with Crippen molar-refractivity contribution in [3.8, 4) is 11.1 Å². The highest BCUT2D eigenvalue weighted by Crippen LogP contribution is 2.28. The molecular weight excluding hydrogens is 376 g/mol. The predicted octanol–water partition coefficient (Wildman–Crippen LogP) is 3.59. The summed E-state index contributed by atoms with van der Waals surface area (Å²) in [5, 5.41) is 4.28. The fourth-order valence-corrected chi connectivity index (χ4v) is 3.20. The van der Waals surface area contributed by atoms with E-state index in [2.05, 4.69) is 32.4 Å². The zero-order chi connectivity index (χ0) is 21.1. The van der Waals surface area contributed by atoms with Crippen molar-refractivity contribution in [1.29, 1.82) is 0 Å². The first-order valence-electron chi connectivity index (χ1n) is 9.53. The van der Waals surface area contributed by atoms with E-state index in [-0.39, 0.29) is 11.7 Å². The molecular formula is C23H22N6O. The quantitative estimate of drug-likeness (QED) is 0.533. The number of hydrogen-bond acceptors (Lipinski definition) is 6. The largest absolute Gasteiger partial charge is 0.383 e. The summed E-state index contributed by atoms with van der Waals surface area (Å²) < 4.78 is 0. The number of fused-ring (bicyclic) bond motifs is 1. The van der Waals surface area contributed by atoms with Gasteiger partial charge in [0.2, 0.25) is 0 Å². The number of aromatic nitrogens is 3. The summed E-state index contributed by atoms with van der Waals surface area (Å²) in [6.07, 6.45) is 3.22. The number of nitrogens with two attached hydrogens (primary N) is 1. The van der Waals surface area contributed by atoms with Crippen LogP contribution in [-0.2, 0) is 6.54 Å². The SMILES string of the molecule is CN(C)C(=O)c1cc(-c2ccc3ncnc(NCc4ccccc4)c3c2)cnc1N. The molecule has 4 rings (SSSR count). The highest BCUT2D eigenvalue weighted by Gasteiger charge is 2.15. The van der Waals surface area contributed by atoms with Crippen molar-refractivity contribution in [3.63, 3.8) is 0 Å². The van der Waals surface area contributed by atoms with Crippen molar-refractivity contribution in [2.24, 2.45) is 0 Å². The van der Waals surface area contributed by atoms with Gasteiger partial charge < -0.3 is 16.0 Å². The Balaban J connectivity index is 1.71. The molecule has 2 aromatic heterocycles. The molecule has 1 amide bonds. The molecule has 0 bridgehead atoms. The maximum Gasteiger partial charge on any atom is 0.257 e. The van der Waals surface area contributed by atoms with Crippen LogP contribution in [0.4, 0.5) is 11.6 Å². The molecule has 0 fully saturated rings. The summed E-state index contributed by atoms with van der Waals surface area (Å²) in [5.41, 5.74) is 10.0. The van der Waals surface area contributed by atoms with Gasteiger partial charge in [-0.05, 0) is 29.3 Å². The number of nitrogens with zero attached hydrogens (tertiary/aromatic N) is 4. The highest BCUT2D eigenvalue weighted by atomic mass is 16.2. The molecule has 4 aromatic rings. The van der Waals surface area contributed by atoms with Gasteiger partial charge in [-0.25, -0.2) is 15.0 Å². The lowest BCUT2D eigenvalue weighted by Gasteiger charge is -2.13. The van der Waals surface area contributed by atoms with Crippen LogP contribution in [0, 0.1) is 0 Å². The van der Waals surface area contributed by atoms with Crippen LogP contribution in [0.1, 0.15) is 15.9 Å². The van der Waals surface area contributed by atoms with Crippen LogP contribution < -0.4 is 11.1 Å². The minimum Gasteiger partial charge on any atom is -0.383 e. The zero-order valence-corrected chi connectivity index (χ0v) is 16.8. The third kappa shape index (κ3) is 3.91. The first-order valence-corrected chi connectivity index (χ1v) is 9.53. The molecule has 2 heterocycles. The van der Waals surface area contributed by atoms with Crippen molar-refractivity contribution in [2.75, 3.05) is 25.1 Å². The highest BCUT2D eigenvalue weighted by molar-refractivity contribution is 5.99. The Morgan fingerprint density at radius 2 is 1.80 bits per heavy atom. The van der Waals surface area contributed by atoms with Gasteiger partial charge >= 0.3 is 0 Å². The molecule has 2 aromatic carbocycles. The van der Waals surface area contributed by atoms with Crippen LogP contribution in [0.5, 0.6) is 0 Å². The Morgan fingerprint density at radius 3 is 2.57 bits per heavy atom. The summed E-state index contributed by atoms with van der Waals surface area (Å²) in [5.74, 6) is 0.779. The number of amides is 1. The van der Waals surface area contributed by atoms with E-state index in [1.807, 2.05) is 36.4 Å². The first kappa shape index (κ1) is 19.3. The number of pyridine rings is 1. The summed E-state index contributed by atoms with van der Waals surface area (Å²) >= 11 is 0. The van der Waals surface area contributed by atoms with E-state index in [9.17, 15) is 4.79 Å². The fraction of sp³-hybridized carbons (Fsp3) is 0.130. The number of anilines is 2. The van der Waals surface area contributed by atoms with Gasteiger partial charge in [0.1, 0.15) is 18.0 Å². The van der Waals surface area contributed by atoms with E-state index in [0.717, 1.165) is 33.4 Å². The van der Waals surface area contributed by atoms with Gasteiger partial charge in [0, 0.05) is 37.8 Å². The molecule has 0 unspecified atom stereocenters. The molecule has 7 heteroatoms. The second-order valence-corrected chi connectivity index (χ2v) is 7.15. The van der Waals surface area contributed by atoms with Crippen LogP contribution in [0.3, 0.4) is 0 Å². The number of carbonyl (C=O) groups excluding carboxylic acids is 1. The number of nitrogens with one attached hydrogen (secondary N) is 1. The van der Waals surface area contributed by atoms with Crippen molar-refractivity contribution in [2.45, 2.75) is 6.54 Å². The maximum atomic E-state index is 12.4. The zero-order valence-electron chi connectivity index (χ0n) is 16.8. The van der Waals surface area contributed by atoms with Crippen molar-refractivity contribution < 1.29 is 4.79 Å².